The second kappa shape index (κ2) is 3.55. The van der Waals surface area contributed by atoms with Crippen LogP contribution in [0.15, 0.2) is 4.47 Å². The molecule has 0 aliphatic heterocycles. The third-order valence-electron chi connectivity index (χ3n) is 2.25. The number of nitriles is 1. The molecule has 1 heterocycles. The van der Waals surface area contributed by atoms with Gasteiger partial charge in [0.2, 0.25) is 0 Å². The fraction of sp³-hybridized carbons (Fsp3) is 0.500. The van der Waals surface area contributed by atoms with Crippen molar-refractivity contribution in [2.75, 3.05) is 0 Å². The van der Waals surface area contributed by atoms with Crippen LogP contribution in [0.2, 0.25) is 0 Å². The molecule has 0 saturated carbocycles. The average Bonchev–Trinajstić information content (AvgIpc) is 2.24. The van der Waals surface area contributed by atoms with E-state index in [9.17, 15) is 0 Å². The Morgan fingerprint density at radius 3 is 2.08 bits per heavy atom. The Kier molecular flexibility index (Phi) is 2.82. The fourth-order valence-corrected chi connectivity index (χ4v) is 2.29. The molecule has 0 atom stereocenters. The summed E-state index contributed by atoms with van der Waals surface area (Å²) in [7, 11) is 0. The van der Waals surface area contributed by atoms with Gasteiger partial charge in [-0.15, -0.1) is 0 Å². The number of nitrogens with zero attached hydrogens (tertiary/aromatic N) is 2. The maximum atomic E-state index is 8.93. The predicted molar refractivity (Wildman–Crippen MR) is 56.7 cm³/mol. The molecule has 0 radical (unpaired) electrons. The van der Waals surface area contributed by atoms with E-state index in [1.807, 2.05) is 13.8 Å². The van der Waals surface area contributed by atoms with Gasteiger partial charge in [-0.1, -0.05) is 0 Å². The summed E-state index contributed by atoms with van der Waals surface area (Å²) in [5, 5.41) is 8.93. The van der Waals surface area contributed by atoms with Crippen molar-refractivity contribution in [1.82, 2.24) is 4.57 Å². The van der Waals surface area contributed by atoms with Gasteiger partial charge >= 0.3 is 0 Å². The van der Waals surface area contributed by atoms with E-state index in [0.717, 1.165) is 21.4 Å². The van der Waals surface area contributed by atoms with Gasteiger partial charge in [0.25, 0.3) is 0 Å². The Labute approximate surface area is 87.3 Å². The summed E-state index contributed by atoms with van der Waals surface area (Å²) in [6.45, 7) is 8.25. The first-order valence-corrected chi connectivity index (χ1v) is 5.07. The molecule has 0 spiro atoms. The summed E-state index contributed by atoms with van der Waals surface area (Å²) >= 11 is 3.44. The molecule has 0 bridgehead atoms. The van der Waals surface area contributed by atoms with Gasteiger partial charge in [-0.05, 0) is 43.6 Å². The predicted octanol–water partition coefficient (Wildman–Crippen LogP) is 3.32. The number of aromatic nitrogens is 1. The molecule has 0 saturated heterocycles. The van der Waals surface area contributed by atoms with Crippen molar-refractivity contribution in [3.05, 3.63) is 21.4 Å². The lowest BCUT2D eigenvalue weighted by Crippen LogP contribution is -2.04. The van der Waals surface area contributed by atoms with Crippen molar-refractivity contribution in [2.24, 2.45) is 0 Å². The zero-order chi connectivity index (χ0) is 10.2. The zero-order valence-electron chi connectivity index (χ0n) is 8.35. The molecule has 70 valence electrons. The highest BCUT2D eigenvalue weighted by Crippen LogP contribution is 2.29. The van der Waals surface area contributed by atoms with Gasteiger partial charge in [0.1, 0.15) is 6.07 Å². The smallest absolute Gasteiger partial charge is 0.102 e. The molecule has 0 fully saturated rings. The number of hydrogen-bond donors (Lipinski definition) is 0. The van der Waals surface area contributed by atoms with Crippen molar-refractivity contribution in [2.45, 2.75) is 33.7 Å². The molecule has 1 rings (SSSR count). The number of hydrogen-bond acceptors (Lipinski definition) is 1. The van der Waals surface area contributed by atoms with Crippen LogP contribution in [0.3, 0.4) is 0 Å². The molecule has 3 heteroatoms. The maximum Gasteiger partial charge on any atom is 0.102 e. The maximum absolute atomic E-state index is 8.93. The van der Waals surface area contributed by atoms with E-state index in [-0.39, 0.29) is 0 Å². The number of halogens is 1. The summed E-state index contributed by atoms with van der Waals surface area (Å²) in [4.78, 5) is 0. The molecule has 13 heavy (non-hydrogen) atoms. The lowest BCUT2D eigenvalue weighted by atomic mass is 10.3. The van der Waals surface area contributed by atoms with Gasteiger partial charge in [-0.2, -0.15) is 5.26 Å². The van der Waals surface area contributed by atoms with Gasteiger partial charge in [-0.3, -0.25) is 0 Å². The van der Waals surface area contributed by atoms with E-state index >= 15 is 0 Å². The van der Waals surface area contributed by atoms with Crippen LogP contribution in [-0.4, -0.2) is 4.57 Å². The van der Waals surface area contributed by atoms with E-state index in [4.69, 9.17) is 5.26 Å². The van der Waals surface area contributed by atoms with Crippen molar-refractivity contribution in [1.29, 1.82) is 5.26 Å². The molecule has 0 unspecified atom stereocenters. The standard InChI is InChI=1S/C10H13BrN2/c1-6(2)13-7(3)9(5-12)10(11)8(13)4/h6H,1-4H3. The van der Waals surface area contributed by atoms with Crippen LogP contribution >= 0.6 is 15.9 Å². The summed E-state index contributed by atoms with van der Waals surface area (Å²) < 4.78 is 3.10. The SMILES string of the molecule is Cc1c(Br)c(C#N)c(C)n1C(C)C. The lowest BCUT2D eigenvalue weighted by Gasteiger charge is -2.12. The van der Waals surface area contributed by atoms with Crippen molar-refractivity contribution < 1.29 is 0 Å². The third-order valence-corrected chi connectivity index (χ3v) is 3.22. The molecule has 0 aliphatic carbocycles. The van der Waals surface area contributed by atoms with Crippen molar-refractivity contribution in [3.63, 3.8) is 0 Å². The third kappa shape index (κ3) is 1.51. The summed E-state index contributed by atoms with van der Waals surface area (Å²) in [5.41, 5.74) is 2.93. The van der Waals surface area contributed by atoms with Crippen LogP contribution in [0.4, 0.5) is 0 Å². The zero-order valence-corrected chi connectivity index (χ0v) is 9.94. The van der Waals surface area contributed by atoms with Crippen LogP contribution < -0.4 is 0 Å². The monoisotopic (exact) mass is 240 g/mol. The topological polar surface area (TPSA) is 28.7 Å². The second-order valence-electron chi connectivity index (χ2n) is 3.44. The minimum Gasteiger partial charge on any atom is -0.344 e. The largest absolute Gasteiger partial charge is 0.344 e. The Morgan fingerprint density at radius 2 is 1.85 bits per heavy atom. The Morgan fingerprint density at radius 1 is 1.31 bits per heavy atom. The van der Waals surface area contributed by atoms with Crippen LogP contribution in [0, 0.1) is 25.2 Å². The highest BCUT2D eigenvalue weighted by Gasteiger charge is 2.16. The summed E-state index contributed by atoms with van der Waals surface area (Å²) in [5.74, 6) is 0. The van der Waals surface area contributed by atoms with Crippen LogP contribution in [-0.2, 0) is 0 Å². The molecular formula is C10H13BrN2. The van der Waals surface area contributed by atoms with Crippen molar-refractivity contribution in [3.8, 4) is 6.07 Å². The quantitative estimate of drug-likeness (QED) is 0.741. The lowest BCUT2D eigenvalue weighted by molar-refractivity contribution is 0.573. The van der Waals surface area contributed by atoms with E-state index in [1.54, 1.807) is 0 Å². The Hall–Kier alpha value is -0.750. The van der Waals surface area contributed by atoms with Gasteiger partial charge in [0.15, 0.2) is 0 Å². The summed E-state index contributed by atoms with van der Waals surface area (Å²) in [6.07, 6.45) is 0. The van der Waals surface area contributed by atoms with Gasteiger partial charge in [0.05, 0.1) is 10.0 Å². The highest BCUT2D eigenvalue weighted by atomic mass is 79.9. The van der Waals surface area contributed by atoms with Crippen LogP contribution in [0.1, 0.15) is 36.8 Å². The van der Waals surface area contributed by atoms with Gasteiger partial charge in [-0.25, -0.2) is 0 Å². The molecule has 2 nitrogen and oxygen atoms in total. The molecular weight excluding hydrogens is 228 g/mol. The van der Waals surface area contributed by atoms with Crippen LogP contribution in [0.5, 0.6) is 0 Å². The first kappa shape index (κ1) is 10.3. The molecule has 0 aliphatic rings. The van der Waals surface area contributed by atoms with E-state index in [0.29, 0.717) is 6.04 Å². The molecule has 0 N–H and O–H groups in total. The van der Waals surface area contributed by atoms with E-state index in [1.165, 1.54) is 0 Å². The molecule has 1 aromatic rings. The highest BCUT2D eigenvalue weighted by molar-refractivity contribution is 9.10. The fourth-order valence-electron chi connectivity index (χ4n) is 1.72. The molecule has 1 aromatic heterocycles. The van der Waals surface area contributed by atoms with Gasteiger partial charge < -0.3 is 4.57 Å². The van der Waals surface area contributed by atoms with E-state index < -0.39 is 0 Å². The van der Waals surface area contributed by atoms with Crippen molar-refractivity contribution >= 4 is 15.9 Å². The van der Waals surface area contributed by atoms with E-state index in [2.05, 4.69) is 40.4 Å². The minimum atomic E-state index is 0.401. The molecule has 0 amide bonds. The van der Waals surface area contributed by atoms with Crippen LogP contribution in [0.25, 0.3) is 0 Å². The second-order valence-corrected chi connectivity index (χ2v) is 4.23. The van der Waals surface area contributed by atoms with Gasteiger partial charge in [0, 0.05) is 17.4 Å². The first-order valence-electron chi connectivity index (χ1n) is 4.27. The molecule has 0 aromatic carbocycles. The normalized spacial score (nSPS) is 10.5. The number of rotatable bonds is 1. The average molecular weight is 241 g/mol. The first-order chi connectivity index (χ1) is 6.00. The minimum absolute atomic E-state index is 0.401. The summed E-state index contributed by atoms with van der Waals surface area (Å²) in [6, 6.07) is 2.61. The Balaban J connectivity index is 3.48. The Bertz CT molecular complexity index is 369.